The molecule has 0 saturated heterocycles. The van der Waals surface area contributed by atoms with Crippen molar-refractivity contribution >= 4 is 23.8 Å². The van der Waals surface area contributed by atoms with Gasteiger partial charge in [0.1, 0.15) is 5.82 Å². The molecule has 2 aromatic rings. The van der Waals surface area contributed by atoms with E-state index in [0.717, 1.165) is 23.0 Å². The summed E-state index contributed by atoms with van der Waals surface area (Å²) in [6.45, 7) is 2.29. The van der Waals surface area contributed by atoms with Gasteiger partial charge in [0, 0.05) is 0 Å². The van der Waals surface area contributed by atoms with E-state index < -0.39 is 0 Å². The predicted molar refractivity (Wildman–Crippen MR) is 106 cm³/mol. The van der Waals surface area contributed by atoms with Crippen LogP contribution in [-0.4, -0.2) is 0 Å². The van der Waals surface area contributed by atoms with E-state index in [0.29, 0.717) is 0 Å². The molecule has 0 aliphatic heterocycles. The maximum Gasteiger partial charge on any atom is 0.142 e. The van der Waals surface area contributed by atoms with Crippen molar-refractivity contribution in [3.8, 4) is 0 Å². The van der Waals surface area contributed by atoms with Crippen LogP contribution in [0.2, 0.25) is 5.02 Å². The summed E-state index contributed by atoms with van der Waals surface area (Å²) in [6, 6.07) is 13.7. The highest BCUT2D eigenvalue weighted by molar-refractivity contribution is 6.30. The van der Waals surface area contributed by atoms with Gasteiger partial charge in [-0.05, 0) is 66.3 Å². The van der Waals surface area contributed by atoms with Crippen molar-refractivity contribution < 1.29 is 4.39 Å². The van der Waals surface area contributed by atoms with Crippen molar-refractivity contribution in [1.29, 1.82) is 0 Å². The maximum atomic E-state index is 13.5. The molecule has 1 saturated carbocycles. The zero-order valence-electron chi connectivity index (χ0n) is 14.8. The van der Waals surface area contributed by atoms with Crippen molar-refractivity contribution in [2.45, 2.75) is 51.4 Å². The first-order valence-electron chi connectivity index (χ1n) is 9.39. The van der Waals surface area contributed by atoms with Crippen LogP contribution in [0.25, 0.3) is 12.2 Å². The molecule has 3 rings (SSSR count). The molecule has 2 aromatic carbocycles. The van der Waals surface area contributed by atoms with Gasteiger partial charge in [-0.15, -0.1) is 0 Å². The van der Waals surface area contributed by atoms with Gasteiger partial charge in [0.2, 0.25) is 0 Å². The van der Waals surface area contributed by atoms with Crippen molar-refractivity contribution in [2.24, 2.45) is 5.92 Å². The molecule has 1 fully saturated rings. The summed E-state index contributed by atoms with van der Waals surface area (Å²) in [7, 11) is 0. The molecule has 0 N–H and O–H groups in total. The smallest absolute Gasteiger partial charge is 0.142 e. The van der Waals surface area contributed by atoms with Crippen LogP contribution in [0, 0.1) is 11.7 Å². The van der Waals surface area contributed by atoms with Crippen molar-refractivity contribution in [1.82, 2.24) is 0 Å². The van der Waals surface area contributed by atoms with E-state index in [1.165, 1.54) is 50.2 Å². The van der Waals surface area contributed by atoms with E-state index in [1.807, 2.05) is 18.2 Å². The average Bonchev–Trinajstić information content (AvgIpc) is 2.64. The first kappa shape index (κ1) is 18.2. The van der Waals surface area contributed by atoms with E-state index >= 15 is 0 Å². The third-order valence-electron chi connectivity index (χ3n) is 5.36. The summed E-state index contributed by atoms with van der Waals surface area (Å²) >= 11 is 5.72. The lowest BCUT2D eigenvalue weighted by molar-refractivity contribution is 0.308. The van der Waals surface area contributed by atoms with E-state index in [9.17, 15) is 4.39 Å². The number of hydrogen-bond acceptors (Lipinski definition) is 0. The van der Waals surface area contributed by atoms with Crippen LogP contribution in [-0.2, 0) is 0 Å². The molecule has 0 aromatic heterocycles. The number of hydrogen-bond donors (Lipinski definition) is 0. The van der Waals surface area contributed by atoms with Crippen LogP contribution in [0.5, 0.6) is 0 Å². The van der Waals surface area contributed by atoms with E-state index in [2.05, 4.69) is 31.2 Å². The van der Waals surface area contributed by atoms with Crippen LogP contribution in [0.1, 0.15) is 68.1 Å². The monoisotopic (exact) mass is 356 g/mol. The second-order valence-corrected chi connectivity index (χ2v) is 7.59. The van der Waals surface area contributed by atoms with E-state index in [-0.39, 0.29) is 10.8 Å². The Morgan fingerprint density at radius 2 is 1.60 bits per heavy atom. The summed E-state index contributed by atoms with van der Waals surface area (Å²) in [5.41, 5.74) is 3.42. The Bertz CT molecular complexity index is 709. The lowest BCUT2D eigenvalue weighted by Crippen LogP contribution is -2.13. The van der Waals surface area contributed by atoms with Gasteiger partial charge in [-0.1, -0.05) is 73.9 Å². The molecule has 0 spiro atoms. The molecule has 0 unspecified atom stereocenters. The topological polar surface area (TPSA) is 0 Å². The number of halogens is 2. The second kappa shape index (κ2) is 8.67. The number of rotatable bonds is 5. The SMILES string of the molecule is CCC[C@H]1CC[C@H](c2ccc(C=Cc3ccc(Cl)c(F)c3)cc2)CC1. The maximum absolute atomic E-state index is 13.5. The van der Waals surface area contributed by atoms with Crippen LogP contribution in [0.15, 0.2) is 42.5 Å². The van der Waals surface area contributed by atoms with Crippen LogP contribution in [0.3, 0.4) is 0 Å². The normalized spacial score (nSPS) is 20.9. The lowest BCUT2D eigenvalue weighted by atomic mass is 9.77. The molecular weight excluding hydrogens is 331 g/mol. The Labute approximate surface area is 155 Å². The molecule has 132 valence electrons. The number of benzene rings is 2. The fourth-order valence-corrected chi connectivity index (χ4v) is 4.00. The Morgan fingerprint density at radius 3 is 2.24 bits per heavy atom. The van der Waals surface area contributed by atoms with Gasteiger partial charge in [0.25, 0.3) is 0 Å². The van der Waals surface area contributed by atoms with Crippen LogP contribution in [0.4, 0.5) is 4.39 Å². The molecule has 1 aliphatic carbocycles. The highest BCUT2D eigenvalue weighted by Crippen LogP contribution is 2.37. The molecule has 0 radical (unpaired) electrons. The minimum absolute atomic E-state index is 0.162. The van der Waals surface area contributed by atoms with Crippen molar-refractivity contribution in [3.05, 3.63) is 70.0 Å². The summed E-state index contributed by atoms with van der Waals surface area (Å²) in [4.78, 5) is 0. The summed E-state index contributed by atoms with van der Waals surface area (Å²) in [5.74, 6) is 1.29. The van der Waals surface area contributed by atoms with Crippen LogP contribution >= 0.6 is 11.6 Å². The minimum atomic E-state index is -0.377. The van der Waals surface area contributed by atoms with Crippen LogP contribution < -0.4 is 0 Å². The fraction of sp³-hybridized carbons (Fsp3) is 0.391. The standard InChI is InChI=1S/C23H26ClF/c1-2-3-17-6-11-20(12-7-17)21-13-8-18(9-14-21)4-5-19-10-15-22(24)23(25)16-19/h4-5,8-10,13-17,20H,2-3,6-7,11-12H2,1H3/t17-,20-. The van der Waals surface area contributed by atoms with Gasteiger partial charge >= 0.3 is 0 Å². The molecule has 1 aliphatic rings. The van der Waals surface area contributed by atoms with Crippen molar-refractivity contribution in [3.63, 3.8) is 0 Å². The third kappa shape index (κ3) is 4.95. The van der Waals surface area contributed by atoms with Crippen molar-refractivity contribution in [2.75, 3.05) is 0 Å². The van der Waals surface area contributed by atoms with Gasteiger partial charge < -0.3 is 0 Å². The molecule has 0 amide bonds. The Balaban J connectivity index is 1.60. The molecule has 0 bridgehead atoms. The Morgan fingerprint density at radius 1 is 0.960 bits per heavy atom. The van der Waals surface area contributed by atoms with Gasteiger partial charge in [0.15, 0.2) is 0 Å². The van der Waals surface area contributed by atoms with Gasteiger partial charge in [-0.2, -0.15) is 0 Å². The third-order valence-corrected chi connectivity index (χ3v) is 5.67. The predicted octanol–water partition coefficient (Wildman–Crippen LogP) is 7.72. The quantitative estimate of drug-likeness (QED) is 0.481. The van der Waals surface area contributed by atoms with Gasteiger partial charge in [-0.25, -0.2) is 4.39 Å². The minimum Gasteiger partial charge on any atom is -0.205 e. The first-order chi connectivity index (χ1) is 12.2. The summed E-state index contributed by atoms with van der Waals surface area (Å²) < 4.78 is 13.5. The fourth-order valence-electron chi connectivity index (χ4n) is 3.88. The highest BCUT2D eigenvalue weighted by atomic mass is 35.5. The summed E-state index contributed by atoms with van der Waals surface area (Å²) in [5, 5.41) is 0.162. The average molecular weight is 357 g/mol. The zero-order valence-corrected chi connectivity index (χ0v) is 15.6. The largest absolute Gasteiger partial charge is 0.205 e. The molecule has 0 heterocycles. The second-order valence-electron chi connectivity index (χ2n) is 7.18. The van der Waals surface area contributed by atoms with E-state index in [1.54, 1.807) is 6.07 Å². The van der Waals surface area contributed by atoms with E-state index in [4.69, 9.17) is 11.6 Å². The summed E-state index contributed by atoms with van der Waals surface area (Å²) in [6.07, 6.45) is 12.0. The van der Waals surface area contributed by atoms with Gasteiger partial charge in [-0.3, -0.25) is 0 Å². The molecule has 0 atom stereocenters. The lowest BCUT2D eigenvalue weighted by Gasteiger charge is -2.28. The molecular formula is C23H26ClF. The molecule has 25 heavy (non-hydrogen) atoms. The highest BCUT2D eigenvalue weighted by Gasteiger charge is 2.21. The molecule has 0 nitrogen and oxygen atoms in total. The first-order valence-corrected chi connectivity index (χ1v) is 9.76. The molecule has 2 heteroatoms. The zero-order chi connectivity index (χ0) is 17.6. The Hall–Kier alpha value is -1.60. The van der Waals surface area contributed by atoms with Gasteiger partial charge in [0.05, 0.1) is 5.02 Å². The Kier molecular flexibility index (Phi) is 6.31.